The molecule has 0 aromatic heterocycles. The molecule has 0 heterocycles. The average molecular weight is 254 g/mol. The van der Waals surface area contributed by atoms with Crippen LogP contribution in [-0.2, 0) is 10.5 Å². The first-order valence-corrected chi connectivity index (χ1v) is 6.63. The fraction of sp³-hybridized carbons (Fsp3) is 0.462. The highest BCUT2D eigenvalue weighted by Crippen LogP contribution is 2.20. The molecule has 0 aliphatic rings. The number of rotatable bonds is 6. The number of thioether (sulfide) groups is 1. The minimum atomic E-state index is -0.805. The van der Waals surface area contributed by atoms with Gasteiger partial charge in [0.25, 0.3) is 0 Å². The monoisotopic (exact) mass is 254 g/mol. The third-order valence-corrected chi connectivity index (χ3v) is 3.86. The van der Waals surface area contributed by atoms with Crippen molar-refractivity contribution in [1.29, 1.82) is 0 Å². The zero-order valence-corrected chi connectivity index (χ0v) is 10.9. The molecule has 3 nitrogen and oxygen atoms in total. The number of aliphatic hydroxyl groups is 1. The Bertz CT molecular complexity index is 361. The molecular weight excluding hydrogens is 236 g/mol. The van der Waals surface area contributed by atoms with Gasteiger partial charge in [-0.2, -0.15) is 11.8 Å². The van der Waals surface area contributed by atoms with Crippen LogP contribution in [0.1, 0.15) is 30.9 Å². The van der Waals surface area contributed by atoms with Crippen LogP contribution < -0.4 is 0 Å². The summed E-state index contributed by atoms with van der Waals surface area (Å²) in [4.78, 5) is 10.8. The van der Waals surface area contributed by atoms with Gasteiger partial charge in [0.05, 0.1) is 12.5 Å². The quantitative estimate of drug-likeness (QED) is 0.819. The van der Waals surface area contributed by atoms with Crippen molar-refractivity contribution in [3.8, 4) is 0 Å². The molecule has 0 radical (unpaired) electrons. The van der Waals surface area contributed by atoms with E-state index < -0.39 is 11.9 Å². The van der Waals surface area contributed by atoms with Gasteiger partial charge in [-0.15, -0.1) is 0 Å². The fourth-order valence-corrected chi connectivity index (χ4v) is 2.11. The fourth-order valence-electron chi connectivity index (χ4n) is 1.34. The van der Waals surface area contributed by atoms with E-state index in [0.29, 0.717) is 0 Å². The Kier molecular flexibility index (Phi) is 5.51. The molecule has 2 atom stereocenters. The number of hydrogen-bond acceptors (Lipinski definition) is 3. The Morgan fingerprint density at radius 1 is 1.29 bits per heavy atom. The summed E-state index contributed by atoms with van der Waals surface area (Å²) in [7, 11) is 0. The molecule has 2 N–H and O–H groups in total. The maximum absolute atomic E-state index is 10.8. The highest BCUT2D eigenvalue weighted by atomic mass is 32.2. The number of aliphatic hydroxyl groups excluding tert-OH is 1. The van der Waals surface area contributed by atoms with E-state index in [1.54, 1.807) is 18.7 Å². The summed E-state index contributed by atoms with van der Waals surface area (Å²) in [5, 5.41) is 18.0. The van der Waals surface area contributed by atoms with Crippen LogP contribution in [0, 0.1) is 0 Å². The molecule has 94 valence electrons. The molecule has 0 saturated carbocycles. The van der Waals surface area contributed by atoms with Crippen molar-refractivity contribution in [2.75, 3.05) is 6.61 Å². The predicted molar refractivity (Wildman–Crippen MR) is 70.3 cm³/mol. The van der Waals surface area contributed by atoms with E-state index >= 15 is 0 Å². The van der Waals surface area contributed by atoms with Crippen LogP contribution in [0.4, 0.5) is 0 Å². The van der Waals surface area contributed by atoms with Gasteiger partial charge in [0, 0.05) is 11.0 Å². The summed E-state index contributed by atoms with van der Waals surface area (Å²) >= 11 is 1.68. The Morgan fingerprint density at radius 3 is 2.35 bits per heavy atom. The maximum Gasteiger partial charge on any atom is 0.310 e. The Hall–Kier alpha value is -1.00. The zero-order valence-electron chi connectivity index (χ0n) is 10.1. The van der Waals surface area contributed by atoms with E-state index in [2.05, 4.69) is 0 Å². The van der Waals surface area contributed by atoms with Crippen molar-refractivity contribution in [1.82, 2.24) is 0 Å². The van der Waals surface area contributed by atoms with E-state index in [0.717, 1.165) is 16.9 Å². The van der Waals surface area contributed by atoms with Crippen molar-refractivity contribution < 1.29 is 15.0 Å². The first-order chi connectivity index (χ1) is 8.04. The Morgan fingerprint density at radius 2 is 1.88 bits per heavy atom. The van der Waals surface area contributed by atoms with Crippen molar-refractivity contribution in [2.45, 2.75) is 30.8 Å². The molecule has 0 aliphatic heterocycles. The number of carbonyl (C=O) groups is 1. The van der Waals surface area contributed by atoms with E-state index in [9.17, 15) is 4.79 Å². The molecule has 0 bridgehead atoms. The third-order valence-electron chi connectivity index (χ3n) is 2.64. The Balaban J connectivity index is 2.59. The lowest BCUT2D eigenvalue weighted by Gasteiger charge is -2.09. The van der Waals surface area contributed by atoms with Crippen molar-refractivity contribution in [2.24, 2.45) is 0 Å². The van der Waals surface area contributed by atoms with Crippen LogP contribution in [0.5, 0.6) is 0 Å². The molecule has 4 heteroatoms. The van der Waals surface area contributed by atoms with E-state index in [-0.39, 0.29) is 11.9 Å². The van der Waals surface area contributed by atoms with Gasteiger partial charge in [-0.25, -0.2) is 0 Å². The summed E-state index contributed by atoms with van der Waals surface area (Å²) in [5.74, 6) is -0.433. The summed E-state index contributed by atoms with van der Waals surface area (Å²) in [5.41, 5.74) is 1.97. The first-order valence-electron chi connectivity index (χ1n) is 5.58. The van der Waals surface area contributed by atoms with Gasteiger partial charge >= 0.3 is 5.97 Å². The third kappa shape index (κ3) is 4.40. The lowest BCUT2D eigenvalue weighted by molar-refractivity contribution is -0.138. The average Bonchev–Trinajstić information content (AvgIpc) is 2.35. The molecule has 0 aliphatic carbocycles. The summed E-state index contributed by atoms with van der Waals surface area (Å²) in [6.45, 7) is 3.84. The number of benzene rings is 1. The van der Waals surface area contributed by atoms with Crippen molar-refractivity contribution in [3.05, 3.63) is 35.4 Å². The van der Waals surface area contributed by atoms with Gasteiger partial charge in [0.1, 0.15) is 0 Å². The number of aliphatic carboxylic acids is 1. The topological polar surface area (TPSA) is 57.5 Å². The van der Waals surface area contributed by atoms with Crippen LogP contribution in [0.25, 0.3) is 0 Å². The standard InChI is InChI=1S/C13H18O3S/c1-9(7-14)17-8-11-3-5-12(6-4-11)10(2)13(15)16/h3-6,9-10,14H,7-8H2,1-2H3,(H,15,16). The van der Waals surface area contributed by atoms with E-state index in [1.165, 1.54) is 0 Å². The minimum absolute atomic E-state index is 0.179. The lowest BCUT2D eigenvalue weighted by atomic mass is 10.0. The molecule has 0 amide bonds. The van der Waals surface area contributed by atoms with Gasteiger partial charge in [0.2, 0.25) is 0 Å². The second-order valence-electron chi connectivity index (χ2n) is 4.11. The second kappa shape index (κ2) is 6.67. The number of hydrogen-bond donors (Lipinski definition) is 2. The minimum Gasteiger partial charge on any atom is -0.481 e. The SMILES string of the molecule is CC(CO)SCc1ccc(C(C)C(=O)O)cc1. The molecule has 17 heavy (non-hydrogen) atoms. The van der Waals surface area contributed by atoms with Gasteiger partial charge in [-0.05, 0) is 18.1 Å². The smallest absolute Gasteiger partial charge is 0.310 e. The van der Waals surface area contributed by atoms with Crippen LogP contribution in [-0.4, -0.2) is 28.0 Å². The summed E-state index contributed by atoms with van der Waals surface area (Å²) in [6, 6.07) is 7.62. The molecule has 1 aromatic carbocycles. The maximum atomic E-state index is 10.8. The van der Waals surface area contributed by atoms with E-state index in [4.69, 9.17) is 10.2 Å². The second-order valence-corrected chi connectivity index (χ2v) is 5.53. The molecule has 0 fully saturated rings. The van der Waals surface area contributed by atoms with Gasteiger partial charge in [0.15, 0.2) is 0 Å². The van der Waals surface area contributed by atoms with E-state index in [1.807, 2.05) is 31.2 Å². The molecule has 1 aromatic rings. The normalized spacial score (nSPS) is 14.3. The lowest BCUT2D eigenvalue weighted by Crippen LogP contribution is -2.07. The van der Waals surface area contributed by atoms with Crippen molar-refractivity contribution in [3.63, 3.8) is 0 Å². The largest absolute Gasteiger partial charge is 0.481 e. The summed E-state index contributed by atoms with van der Waals surface area (Å²) in [6.07, 6.45) is 0. The van der Waals surface area contributed by atoms with Crippen LogP contribution in [0.3, 0.4) is 0 Å². The first kappa shape index (κ1) is 14.1. The zero-order chi connectivity index (χ0) is 12.8. The Labute approximate surface area is 106 Å². The van der Waals surface area contributed by atoms with Crippen molar-refractivity contribution >= 4 is 17.7 Å². The summed E-state index contributed by atoms with van der Waals surface area (Å²) < 4.78 is 0. The van der Waals surface area contributed by atoms with Crippen LogP contribution in [0.2, 0.25) is 0 Å². The highest BCUT2D eigenvalue weighted by Gasteiger charge is 2.12. The van der Waals surface area contributed by atoms with Crippen LogP contribution in [0.15, 0.2) is 24.3 Å². The molecule has 2 unspecified atom stereocenters. The van der Waals surface area contributed by atoms with Gasteiger partial charge in [-0.3, -0.25) is 4.79 Å². The van der Waals surface area contributed by atoms with Gasteiger partial charge in [-0.1, -0.05) is 31.2 Å². The van der Waals surface area contributed by atoms with Gasteiger partial charge < -0.3 is 10.2 Å². The number of carboxylic acid groups (broad SMARTS) is 1. The predicted octanol–water partition coefficient (Wildman–Crippen LogP) is 2.49. The van der Waals surface area contributed by atoms with Crippen LogP contribution >= 0.6 is 11.8 Å². The number of carboxylic acids is 1. The molecule has 1 rings (SSSR count). The molecular formula is C13H18O3S. The highest BCUT2D eigenvalue weighted by molar-refractivity contribution is 7.99. The molecule has 0 spiro atoms. The molecule has 0 saturated heterocycles.